The maximum absolute atomic E-state index is 9.93. The molecule has 0 bridgehead atoms. The highest BCUT2D eigenvalue weighted by Gasteiger charge is 2.05. The van der Waals surface area contributed by atoms with Crippen LogP contribution in [0, 0.1) is 6.92 Å². The number of aliphatic hydroxyl groups excluding tert-OH is 1. The molecule has 0 amide bonds. The van der Waals surface area contributed by atoms with Crippen LogP contribution in [0.2, 0.25) is 0 Å². The van der Waals surface area contributed by atoms with E-state index in [1.165, 1.54) is 5.56 Å². The third kappa shape index (κ3) is 5.00. The first-order valence-corrected chi connectivity index (χ1v) is 6.93. The predicted octanol–water partition coefficient (Wildman–Crippen LogP) is 2.86. The zero-order chi connectivity index (χ0) is 15.1. The van der Waals surface area contributed by atoms with Gasteiger partial charge in [-0.1, -0.05) is 12.1 Å². The van der Waals surface area contributed by atoms with Gasteiger partial charge in [0.15, 0.2) is 0 Å². The molecular weight excluding hydrogens is 266 g/mol. The summed E-state index contributed by atoms with van der Waals surface area (Å²) in [4.78, 5) is 0. The smallest absolute Gasteiger partial charge is 0.119 e. The van der Waals surface area contributed by atoms with E-state index in [4.69, 9.17) is 9.47 Å². The Labute approximate surface area is 125 Å². The number of rotatable bonds is 7. The number of methoxy groups -OCH3 is 1. The molecule has 0 aliphatic carbocycles. The Morgan fingerprint density at radius 2 is 1.81 bits per heavy atom. The Morgan fingerprint density at radius 1 is 1.10 bits per heavy atom. The van der Waals surface area contributed by atoms with Gasteiger partial charge in [-0.25, -0.2) is 0 Å². The number of hydrogen-bond donors (Lipinski definition) is 2. The highest BCUT2D eigenvalue weighted by Crippen LogP contribution is 2.17. The van der Waals surface area contributed by atoms with E-state index in [1.807, 2.05) is 55.5 Å². The molecule has 2 rings (SSSR count). The summed E-state index contributed by atoms with van der Waals surface area (Å²) in [5, 5.41) is 13.1. The monoisotopic (exact) mass is 287 g/mol. The second kappa shape index (κ2) is 7.55. The van der Waals surface area contributed by atoms with Crippen molar-refractivity contribution >= 4 is 5.69 Å². The van der Waals surface area contributed by atoms with Crippen LogP contribution in [-0.4, -0.2) is 31.5 Å². The van der Waals surface area contributed by atoms with Crippen molar-refractivity contribution in [2.45, 2.75) is 13.0 Å². The van der Waals surface area contributed by atoms with Crippen LogP contribution in [-0.2, 0) is 0 Å². The molecule has 21 heavy (non-hydrogen) atoms. The zero-order valence-corrected chi connectivity index (χ0v) is 12.4. The lowest BCUT2D eigenvalue weighted by molar-refractivity contribution is 0.117. The second-order valence-electron chi connectivity index (χ2n) is 4.89. The second-order valence-corrected chi connectivity index (χ2v) is 4.89. The van der Waals surface area contributed by atoms with E-state index < -0.39 is 6.10 Å². The molecule has 2 N–H and O–H groups in total. The maximum atomic E-state index is 9.93. The predicted molar refractivity (Wildman–Crippen MR) is 84.2 cm³/mol. The average molecular weight is 287 g/mol. The normalized spacial score (nSPS) is 11.8. The summed E-state index contributed by atoms with van der Waals surface area (Å²) in [6.07, 6.45) is -0.576. The van der Waals surface area contributed by atoms with E-state index >= 15 is 0 Å². The van der Waals surface area contributed by atoms with Crippen molar-refractivity contribution in [3.05, 3.63) is 54.1 Å². The topological polar surface area (TPSA) is 50.7 Å². The lowest BCUT2D eigenvalue weighted by Gasteiger charge is -2.14. The van der Waals surface area contributed by atoms with E-state index in [-0.39, 0.29) is 6.61 Å². The summed E-state index contributed by atoms with van der Waals surface area (Å²) in [5.41, 5.74) is 2.18. The van der Waals surface area contributed by atoms with Crippen LogP contribution >= 0.6 is 0 Å². The first-order valence-electron chi connectivity index (χ1n) is 6.93. The van der Waals surface area contributed by atoms with Crippen LogP contribution in [0.3, 0.4) is 0 Å². The van der Waals surface area contributed by atoms with E-state index in [0.717, 1.165) is 11.4 Å². The lowest BCUT2D eigenvalue weighted by Crippen LogP contribution is -2.26. The minimum Gasteiger partial charge on any atom is -0.497 e. The third-order valence-corrected chi connectivity index (χ3v) is 3.06. The van der Waals surface area contributed by atoms with Gasteiger partial charge < -0.3 is 19.9 Å². The standard InChI is InChI=1S/C17H21NO3/c1-13-4-3-5-14(10-13)18-11-15(19)12-21-17-8-6-16(20-2)7-9-17/h3-10,15,18-19H,11-12H2,1-2H3. The summed E-state index contributed by atoms with van der Waals surface area (Å²) >= 11 is 0. The molecule has 0 saturated heterocycles. The molecule has 0 heterocycles. The number of nitrogens with one attached hydrogen (secondary N) is 1. The molecule has 0 aliphatic heterocycles. The average Bonchev–Trinajstić information content (AvgIpc) is 2.51. The van der Waals surface area contributed by atoms with Crippen molar-refractivity contribution in [3.8, 4) is 11.5 Å². The minimum absolute atomic E-state index is 0.241. The Hall–Kier alpha value is -2.20. The fraction of sp³-hybridized carbons (Fsp3) is 0.294. The number of ether oxygens (including phenoxy) is 2. The van der Waals surface area contributed by atoms with Gasteiger partial charge in [-0.05, 0) is 48.9 Å². The number of hydrogen-bond acceptors (Lipinski definition) is 4. The van der Waals surface area contributed by atoms with Crippen LogP contribution in [0.5, 0.6) is 11.5 Å². The Morgan fingerprint density at radius 3 is 2.48 bits per heavy atom. The van der Waals surface area contributed by atoms with Gasteiger partial charge in [0.2, 0.25) is 0 Å². The van der Waals surface area contributed by atoms with Gasteiger partial charge in [0.1, 0.15) is 24.2 Å². The maximum Gasteiger partial charge on any atom is 0.119 e. The van der Waals surface area contributed by atoms with Crippen molar-refractivity contribution in [1.29, 1.82) is 0 Å². The molecule has 112 valence electrons. The Kier molecular flexibility index (Phi) is 5.46. The van der Waals surface area contributed by atoms with Crippen LogP contribution < -0.4 is 14.8 Å². The largest absolute Gasteiger partial charge is 0.497 e. The molecular formula is C17H21NO3. The van der Waals surface area contributed by atoms with Crippen LogP contribution in [0.15, 0.2) is 48.5 Å². The molecule has 0 saturated carbocycles. The van der Waals surface area contributed by atoms with Crippen molar-refractivity contribution in [3.63, 3.8) is 0 Å². The van der Waals surface area contributed by atoms with Gasteiger partial charge in [-0.2, -0.15) is 0 Å². The fourth-order valence-electron chi connectivity index (χ4n) is 1.91. The number of aryl methyl sites for hydroxylation is 1. The SMILES string of the molecule is COc1ccc(OCC(O)CNc2cccc(C)c2)cc1. The van der Waals surface area contributed by atoms with Gasteiger partial charge in [0, 0.05) is 12.2 Å². The number of aliphatic hydroxyl groups is 1. The van der Waals surface area contributed by atoms with Gasteiger partial charge in [-0.3, -0.25) is 0 Å². The number of anilines is 1. The van der Waals surface area contributed by atoms with E-state index in [9.17, 15) is 5.11 Å². The van der Waals surface area contributed by atoms with Gasteiger partial charge in [0.05, 0.1) is 7.11 Å². The number of benzene rings is 2. The van der Waals surface area contributed by atoms with Gasteiger partial charge in [0.25, 0.3) is 0 Å². The molecule has 1 atom stereocenters. The summed E-state index contributed by atoms with van der Waals surface area (Å²) in [6.45, 7) is 2.72. The minimum atomic E-state index is -0.576. The summed E-state index contributed by atoms with van der Waals surface area (Å²) in [6, 6.07) is 15.3. The van der Waals surface area contributed by atoms with Crippen LogP contribution in [0.4, 0.5) is 5.69 Å². The van der Waals surface area contributed by atoms with Crippen molar-refractivity contribution in [2.75, 3.05) is 25.6 Å². The highest BCUT2D eigenvalue weighted by atomic mass is 16.5. The lowest BCUT2D eigenvalue weighted by atomic mass is 10.2. The van der Waals surface area contributed by atoms with Crippen molar-refractivity contribution in [2.24, 2.45) is 0 Å². The first kappa shape index (κ1) is 15.2. The Balaban J connectivity index is 1.75. The van der Waals surface area contributed by atoms with E-state index in [2.05, 4.69) is 5.32 Å². The fourth-order valence-corrected chi connectivity index (χ4v) is 1.91. The Bertz CT molecular complexity index is 554. The zero-order valence-electron chi connectivity index (χ0n) is 12.4. The third-order valence-electron chi connectivity index (χ3n) is 3.06. The highest BCUT2D eigenvalue weighted by molar-refractivity contribution is 5.45. The molecule has 2 aromatic carbocycles. The van der Waals surface area contributed by atoms with Crippen LogP contribution in [0.25, 0.3) is 0 Å². The van der Waals surface area contributed by atoms with Gasteiger partial charge in [-0.15, -0.1) is 0 Å². The molecule has 0 fully saturated rings. The molecule has 4 nitrogen and oxygen atoms in total. The molecule has 4 heteroatoms. The summed E-state index contributed by atoms with van der Waals surface area (Å²) in [7, 11) is 1.62. The van der Waals surface area contributed by atoms with Crippen LogP contribution in [0.1, 0.15) is 5.56 Å². The molecule has 0 spiro atoms. The molecule has 0 aliphatic rings. The molecule has 2 aromatic rings. The quantitative estimate of drug-likeness (QED) is 0.822. The van der Waals surface area contributed by atoms with Crippen molar-refractivity contribution < 1.29 is 14.6 Å². The van der Waals surface area contributed by atoms with E-state index in [1.54, 1.807) is 7.11 Å². The van der Waals surface area contributed by atoms with E-state index in [0.29, 0.717) is 12.3 Å². The molecule has 0 radical (unpaired) electrons. The molecule has 0 aromatic heterocycles. The summed E-state index contributed by atoms with van der Waals surface area (Å²) < 4.78 is 10.6. The van der Waals surface area contributed by atoms with Crippen molar-refractivity contribution in [1.82, 2.24) is 0 Å². The van der Waals surface area contributed by atoms with Gasteiger partial charge >= 0.3 is 0 Å². The first-order chi connectivity index (χ1) is 10.2. The molecule has 1 unspecified atom stereocenters. The summed E-state index contributed by atoms with van der Waals surface area (Å²) in [5.74, 6) is 1.49.